The summed E-state index contributed by atoms with van der Waals surface area (Å²) in [4.78, 5) is 7.16. The van der Waals surface area contributed by atoms with Gasteiger partial charge in [0.05, 0.1) is 19.3 Å². The van der Waals surface area contributed by atoms with Gasteiger partial charge in [0.15, 0.2) is 0 Å². The number of rotatable bonds is 8. The van der Waals surface area contributed by atoms with Crippen LogP contribution < -0.4 is 4.74 Å². The van der Waals surface area contributed by atoms with Gasteiger partial charge >= 0.3 is 0 Å². The minimum atomic E-state index is -0.279. The fourth-order valence-electron chi connectivity index (χ4n) is 3.66. The fraction of sp³-hybridized carbons (Fsp3) is 0.700. The van der Waals surface area contributed by atoms with Crippen molar-refractivity contribution in [2.45, 2.75) is 19.1 Å². The summed E-state index contributed by atoms with van der Waals surface area (Å²) in [5, 5.41) is 10.4. The summed E-state index contributed by atoms with van der Waals surface area (Å²) in [6.45, 7) is 12.0. The Balaban J connectivity index is 1.32. The zero-order valence-electron chi connectivity index (χ0n) is 15.9. The van der Waals surface area contributed by atoms with Gasteiger partial charge in [-0.1, -0.05) is 18.2 Å². The smallest absolute Gasteiger partial charge is 0.119 e. The Morgan fingerprint density at radius 2 is 1.58 bits per heavy atom. The second-order valence-electron chi connectivity index (χ2n) is 7.38. The quantitative estimate of drug-likeness (QED) is 0.736. The number of nitrogens with zero attached hydrogens (tertiary/aromatic N) is 3. The zero-order valence-corrected chi connectivity index (χ0v) is 15.9. The summed E-state index contributed by atoms with van der Waals surface area (Å²) < 4.78 is 11.2. The monoisotopic (exact) mass is 363 g/mol. The molecule has 2 atom stereocenters. The van der Waals surface area contributed by atoms with E-state index in [2.05, 4.69) is 21.6 Å². The number of piperazine rings is 1. The Hall–Kier alpha value is -1.18. The van der Waals surface area contributed by atoms with Crippen molar-refractivity contribution in [1.82, 2.24) is 14.7 Å². The van der Waals surface area contributed by atoms with Crippen LogP contribution in [-0.2, 0) is 4.74 Å². The summed E-state index contributed by atoms with van der Waals surface area (Å²) in [6.07, 6.45) is -0.279. The van der Waals surface area contributed by atoms with E-state index >= 15 is 0 Å². The van der Waals surface area contributed by atoms with Crippen LogP contribution in [0.15, 0.2) is 30.3 Å². The number of β-amino-alcohol motifs (C(OH)–C–C–N with tert-alkyl or cyclic N) is 1. The van der Waals surface area contributed by atoms with Crippen LogP contribution in [0.5, 0.6) is 5.75 Å². The standard InChI is InChI=1S/C20H33N3O3/c1-18(17-26-20-5-3-2-4-6-20)23-9-7-21(8-10-23)15-19(24)16-22-11-13-25-14-12-22/h2-6,18-19,24H,7-17H2,1H3. The Bertz CT molecular complexity index is 502. The maximum absolute atomic E-state index is 10.4. The average molecular weight is 364 g/mol. The van der Waals surface area contributed by atoms with E-state index in [4.69, 9.17) is 9.47 Å². The molecule has 0 aliphatic carbocycles. The van der Waals surface area contributed by atoms with E-state index in [1.165, 1.54) is 0 Å². The van der Waals surface area contributed by atoms with Crippen LogP contribution >= 0.6 is 0 Å². The van der Waals surface area contributed by atoms with Gasteiger partial charge in [-0.3, -0.25) is 14.7 Å². The lowest BCUT2D eigenvalue weighted by molar-refractivity contribution is -0.000326. The van der Waals surface area contributed by atoms with Gasteiger partial charge in [-0.15, -0.1) is 0 Å². The van der Waals surface area contributed by atoms with Crippen molar-refractivity contribution in [2.75, 3.05) is 72.2 Å². The summed E-state index contributed by atoms with van der Waals surface area (Å²) in [7, 11) is 0. The van der Waals surface area contributed by atoms with Gasteiger partial charge in [0, 0.05) is 58.4 Å². The molecule has 146 valence electrons. The lowest BCUT2D eigenvalue weighted by Gasteiger charge is -2.39. The minimum Gasteiger partial charge on any atom is -0.492 e. The number of hydrogen-bond acceptors (Lipinski definition) is 6. The predicted molar refractivity (Wildman–Crippen MR) is 103 cm³/mol. The van der Waals surface area contributed by atoms with Crippen LogP contribution in [0, 0.1) is 0 Å². The molecule has 2 heterocycles. The van der Waals surface area contributed by atoms with E-state index in [0.717, 1.165) is 71.3 Å². The third-order valence-corrected chi connectivity index (χ3v) is 5.31. The van der Waals surface area contributed by atoms with Gasteiger partial charge in [0.25, 0.3) is 0 Å². The summed E-state index contributed by atoms with van der Waals surface area (Å²) in [5.41, 5.74) is 0. The van der Waals surface area contributed by atoms with Crippen LogP contribution in [0.25, 0.3) is 0 Å². The van der Waals surface area contributed by atoms with Crippen molar-refractivity contribution in [3.63, 3.8) is 0 Å². The van der Waals surface area contributed by atoms with Crippen molar-refractivity contribution in [3.8, 4) is 5.75 Å². The largest absolute Gasteiger partial charge is 0.492 e. The van der Waals surface area contributed by atoms with Gasteiger partial charge < -0.3 is 14.6 Å². The van der Waals surface area contributed by atoms with Crippen molar-refractivity contribution < 1.29 is 14.6 Å². The molecule has 0 radical (unpaired) electrons. The number of ether oxygens (including phenoxy) is 2. The molecule has 1 N–H and O–H groups in total. The molecule has 0 amide bonds. The van der Waals surface area contributed by atoms with E-state index in [9.17, 15) is 5.11 Å². The van der Waals surface area contributed by atoms with Gasteiger partial charge in [-0.05, 0) is 19.1 Å². The maximum Gasteiger partial charge on any atom is 0.119 e. The molecule has 26 heavy (non-hydrogen) atoms. The predicted octanol–water partition coefficient (Wildman–Crippen LogP) is 0.765. The molecule has 3 rings (SSSR count). The van der Waals surface area contributed by atoms with Gasteiger partial charge in [-0.2, -0.15) is 0 Å². The Morgan fingerprint density at radius 1 is 0.962 bits per heavy atom. The first kappa shape index (κ1) is 19.6. The molecule has 2 unspecified atom stereocenters. The van der Waals surface area contributed by atoms with Crippen molar-refractivity contribution in [3.05, 3.63) is 30.3 Å². The fourth-order valence-corrected chi connectivity index (χ4v) is 3.66. The van der Waals surface area contributed by atoms with Crippen LogP contribution in [-0.4, -0.2) is 104 Å². The Labute approximate surface area is 157 Å². The molecule has 6 heteroatoms. The number of benzene rings is 1. The highest BCUT2D eigenvalue weighted by atomic mass is 16.5. The van der Waals surface area contributed by atoms with Crippen molar-refractivity contribution in [1.29, 1.82) is 0 Å². The molecule has 0 saturated carbocycles. The molecule has 2 fully saturated rings. The van der Waals surface area contributed by atoms with Crippen molar-refractivity contribution in [2.24, 2.45) is 0 Å². The first-order valence-corrected chi connectivity index (χ1v) is 9.83. The first-order valence-electron chi connectivity index (χ1n) is 9.83. The molecule has 6 nitrogen and oxygen atoms in total. The molecule has 2 aliphatic rings. The highest BCUT2D eigenvalue weighted by Gasteiger charge is 2.24. The Kier molecular flexibility index (Phi) is 7.70. The molecule has 0 aromatic heterocycles. The second-order valence-corrected chi connectivity index (χ2v) is 7.38. The highest BCUT2D eigenvalue weighted by Crippen LogP contribution is 2.12. The number of hydrogen-bond donors (Lipinski definition) is 1. The molecule has 2 saturated heterocycles. The van der Waals surface area contributed by atoms with E-state index < -0.39 is 0 Å². The average Bonchev–Trinajstić information content (AvgIpc) is 2.68. The van der Waals surface area contributed by atoms with Gasteiger partial charge in [0.1, 0.15) is 12.4 Å². The lowest BCUT2D eigenvalue weighted by atomic mass is 10.2. The summed E-state index contributed by atoms with van der Waals surface area (Å²) >= 11 is 0. The van der Waals surface area contributed by atoms with Crippen LogP contribution in [0.1, 0.15) is 6.92 Å². The molecule has 0 spiro atoms. The van der Waals surface area contributed by atoms with E-state index in [0.29, 0.717) is 12.6 Å². The molecule has 0 bridgehead atoms. The van der Waals surface area contributed by atoms with Gasteiger partial charge in [0.2, 0.25) is 0 Å². The number of aliphatic hydroxyl groups is 1. The summed E-state index contributed by atoms with van der Waals surface area (Å²) in [5.74, 6) is 0.934. The number of aliphatic hydroxyl groups excluding tert-OH is 1. The van der Waals surface area contributed by atoms with Crippen LogP contribution in [0.3, 0.4) is 0 Å². The SMILES string of the molecule is CC(COc1ccccc1)N1CCN(CC(O)CN2CCOCC2)CC1. The summed E-state index contributed by atoms with van der Waals surface area (Å²) in [6, 6.07) is 10.4. The topological polar surface area (TPSA) is 48.4 Å². The van der Waals surface area contributed by atoms with E-state index in [-0.39, 0.29) is 6.10 Å². The van der Waals surface area contributed by atoms with E-state index in [1.54, 1.807) is 0 Å². The third-order valence-electron chi connectivity index (χ3n) is 5.31. The van der Waals surface area contributed by atoms with E-state index in [1.807, 2.05) is 30.3 Å². The molecular formula is C20H33N3O3. The van der Waals surface area contributed by atoms with Gasteiger partial charge in [-0.25, -0.2) is 0 Å². The van der Waals surface area contributed by atoms with Crippen LogP contribution in [0.2, 0.25) is 0 Å². The molecule has 1 aromatic rings. The maximum atomic E-state index is 10.4. The first-order chi connectivity index (χ1) is 12.7. The van der Waals surface area contributed by atoms with Crippen molar-refractivity contribution >= 4 is 0 Å². The lowest BCUT2D eigenvalue weighted by Crippen LogP contribution is -2.53. The third kappa shape index (κ3) is 6.21. The number of para-hydroxylation sites is 1. The minimum absolute atomic E-state index is 0.279. The molecular weight excluding hydrogens is 330 g/mol. The normalized spacial score (nSPS) is 22.8. The molecule has 2 aliphatic heterocycles. The highest BCUT2D eigenvalue weighted by molar-refractivity contribution is 5.20. The number of morpholine rings is 1. The Morgan fingerprint density at radius 3 is 2.23 bits per heavy atom. The second kappa shape index (κ2) is 10.2. The molecule has 1 aromatic carbocycles. The van der Waals surface area contributed by atoms with Crippen LogP contribution in [0.4, 0.5) is 0 Å². The zero-order chi connectivity index (χ0) is 18.2.